The molecule has 0 bridgehead atoms. The lowest BCUT2D eigenvalue weighted by Crippen LogP contribution is -2.39. The predicted octanol–water partition coefficient (Wildman–Crippen LogP) is 2.57. The first-order valence-electron chi connectivity index (χ1n) is 6.68. The topological polar surface area (TPSA) is 32.3 Å². The number of carbonyl (C=O) groups excluding carboxylic acids is 1. The Kier molecular flexibility index (Phi) is 4.53. The predicted molar refractivity (Wildman–Crippen MR) is 81.2 cm³/mol. The van der Waals surface area contributed by atoms with Crippen LogP contribution in [0.1, 0.15) is 31.1 Å². The summed E-state index contributed by atoms with van der Waals surface area (Å²) in [7, 11) is 0. The minimum atomic E-state index is -0.102. The summed E-state index contributed by atoms with van der Waals surface area (Å²) in [4.78, 5) is 14.3. The molecule has 1 aromatic rings. The zero-order chi connectivity index (χ0) is 14.0. The van der Waals surface area contributed by atoms with Crippen molar-refractivity contribution in [2.45, 2.75) is 39.0 Å². The van der Waals surface area contributed by atoms with Crippen LogP contribution < -0.4 is 5.32 Å². The number of thioether (sulfide) groups is 1. The zero-order valence-electron chi connectivity index (χ0n) is 12.0. The normalized spacial score (nSPS) is 24.8. The fourth-order valence-electron chi connectivity index (χ4n) is 2.63. The van der Waals surface area contributed by atoms with Gasteiger partial charge in [0.1, 0.15) is 6.17 Å². The van der Waals surface area contributed by atoms with Gasteiger partial charge in [0.25, 0.3) is 0 Å². The highest BCUT2D eigenvalue weighted by atomic mass is 32.2. The molecule has 1 amide bonds. The smallest absolute Gasteiger partial charge is 0.241 e. The van der Waals surface area contributed by atoms with Gasteiger partial charge in [-0.05, 0) is 32.6 Å². The van der Waals surface area contributed by atoms with Crippen molar-refractivity contribution < 1.29 is 4.79 Å². The third-order valence-electron chi connectivity index (χ3n) is 3.55. The van der Waals surface area contributed by atoms with Gasteiger partial charge in [0, 0.05) is 11.8 Å². The number of carbonyl (C=O) groups is 1. The van der Waals surface area contributed by atoms with E-state index in [1.54, 1.807) is 11.8 Å². The van der Waals surface area contributed by atoms with Crippen LogP contribution in [0.15, 0.2) is 24.3 Å². The molecule has 1 aliphatic rings. The molecule has 0 radical (unpaired) electrons. The Morgan fingerprint density at radius 2 is 2.21 bits per heavy atom. The summed E-state index contributed by atoms with van der Waals surface area (Å²) in [5, 5.41) is 3.40. The number of benzene rings is 1. The summed E-state index contributed by atoms with van der Waals surface area (Å²) in [6.07, 6.45) is 2.08. The number of nitrogens with one attached hydrogen (secondary N) is 1. The summed E-state index contributed by atoms with van der Waals surface area (Å²) < 4.78 is 0. The second kappa shape index (κ2) is 5.97. The lowest BCUT2D eigenvalue weighted by molar-refractivity contribution is -0.131. The van der Waals surface area contributed by atoms with E-state index in [0.29, 0.717) is 0 Å². The molecule has 19 heavy (non-hydrogen) atoms. The Hall–Kier alpha value is -1.00. The third-order valence-corrected chi connectivity index (χ3v) is 4.37. The van der Waals surface area contributed by atoms with E-state index in [4.69, 9.17) is 0 Å². The van der Waals surface area contributed by atoms with Crippen LogP contribution in [-0.4, -0.2) is 34.9 Å². The molecule has 4 heteroatoms. The Balaban J connectivity index is 2.29. The van der Waals surface area contributed by atoms with E-state index in [2.05, 4.69) is 49.7 Å². The van der Waals surface area contributed by atoms with Crippen LogP contribution >= 0.6 is 11.8 Å². The maximum absolute atomic E-state index is 12.3. The first-order chi connectivity index (χ1) is 9.04. The van der Waals surface area contributed by atoms with Crippen LogP contribution in [0.4, 0.5) is 0 Å². The molecule has 1 N–H and O–H groups in total. The van der Waals surface area contributed by atoms with E-state index in [1.165, 1.54) is 11.1 Å². The number of nitrogens with zero attached hydrogens (tertiary/aromatic N) is 1. The van der Waals surface area contributed by atoms with Crippen molar-refractivity contribution >= 4 is 17.7 Å². The monoisotopic (exact) mass is 278 g/mol. The number of aryl methyl sites for hydroxylation is 1. The van der Waals surface area contributed by atoms with Crippen LogP contribution in [0.5, 0.6) is 0 Å². The molecule has 1 saturated heterocycles. The molecule has 1 aliphatic heterocycles. The van der Waals surface area contributed by atoms with Crippen molar-refractivity contribution in [3.63, 3.8) is 0 Å². The van der Waals surface area contributed by atoms with Gasteiger partial charge >= 0.3 is 0 Å². The molecule has 3 unspecified atom stereocenters. The van der Waals surface area contributed by atoms with E-state index in [-0.39, 0.29) is 24.2 Å². The highest BCUT2D eigenvalue weighted by Gasteiger charge is 2.39. The molecule has 0 saturated carbocycles. The molecule has 1 aromatic carbocycles. The Labute approximate surface area is 119 Å². The number of hydrogen-bond donors (Lipinski definition) is 1. The summed E-state index contributed by atoms with van der Waals surface area (Å²) in [6, 6.07) is 8.52. The standard InChI is InChI=1S/C15H22N2OS/c1-10-6-5-7-13(8-10)14-16-12(3)15(18)17(14)11(2)9-19-4/h5-8,11-12,14,16H,9H2,1-4H3. The Morgan fingerprint density at radius 3 is 2.84 bits per heavy atom. The molecule has 1 fully saturated rings. The second-order valence-electron chi connectivity index (χ2n) is 5.25. The van der Waals surface area contributed by atoms with E-state index in [1.807, 2.05) is 11.8 Å². The van der Waals surface area contributed by atoms with Crippen LogP contribution in [0.2, 0.25) is 0 Å². The van der Waals surface area contributed by atoms with Gasteiger partial charge in [-0.25, -0.2) is 0 Å². The molecule has 104 valence electrons. The largest absolute Gasteiger partial charge is 0.318 e. The summed E-state index contributed by atoms with van der Waals surface area (Å²) in [5.74, 6) is 1.16. The van der Waals surface area contributed by atoms with Crippen LogP contribution in [0, 0.1) is 6.92 Å². The van der Waals surface area contributed by atoms with E-state index in [0.717, 1.165) is 5.75 Å². The number of rotatable bonds is 4. The van der Waals surface area contributed by atoms with Gasteiger partial charge in [-0.3, -0.25) is 10.1 Å². The van der Waals surface area contributed by atoms with Gasteiger partial charge in [-0.1, -0.05) is 29.8 Å². The van der Waals surface area contributed by atoms with Gasteiger partial charge in [0.2, 0.25) is 5.91 Å². The van der Waals surface area contributed by atoms with Crippen molar-refractivity contribution in [3.8, 4) is 0 Å². The van der Waals surface area contributed by atoms with Crippen LogP contribution in [0.25, 0.3) is 0 Å². The quantitative estimate of drug-likeness (QED) is 0.918. The van der Waals surface area contributed by atoms with Crippen molar-refractivity contribution in [3.05, 3.63) is 35.4 Å². The molecule has 0 aromatic heterocycles. The van der Waals surface area contributed by atoms with Gasteiger partial charge < -0.3 is 4.90 Å². The summed E-state index contributed by atoms with van der Waals surface area (Å²) >= 11 is 1.78. The molecule has 3 atom stereocenters. The molecule has 1 heterocycles. The van der Waals surface area contributed by atoms with E-state index in [9.17, 15) is 4.79 Å². The Bertz CT molecular complexity index is 463. The van der Waals surface area contributed by atoms with E-state index >= 15 is 0 Å². The van der Waals surface area contributed by atoms with Gasteiger partial charge in [-0.2, -0.15) is 11.8 Å². The third kappa shape index (κ3) is 2.95. The SMILES string of the molecule is CSCC(C)N1C(=O)C(C)NC1c1cccc(C)c1. The minimum absolute atomic E-state index is 0.00421. The summed E-state index contributed by atoms with van der Waals surface area (Å²) in [5.41, 5.74) is 2.40. The zero-order valence-corrected chi connectivity index (χ0v) is 12.8. The highest BCUT2D eigenvalue weighted by Crippen LogP contribution is 2.28. The van der Waals surface area contributed by atoms with E-state index < -0.39 is 0 Å². The number of hydrogen-bond acceptors (Lipinski definition) is 3. The summed E-state index contributed by atoms with van der Waals surface area (Å²) in [6.45, 7) is 6.15. The van der Waals surface area contributed by atoms with Crippen molar-refractivity contribution in [2.75, 3.05) is 12.0 Å². The average Bonchev–Trinajstić information content (AvgIpc) is 2.66. The highest BCUT2D eigenvalue weighted by molar-refractivity contribution is 7.98. The average molecular weight is 278 g/mol. The Morgan fingerprint density at radius 1 is 1.47 bits per heavy atom. The van der Waals surface area contributed by atoms with Crippen LogP contribution in [0.3, 0.4) is 0 Å². The molecule has 0 spiro atoms. The van der Waals surface area contributed by atoms with Crippen molar-refractivity contribution in [2.24, 2.45) is 0 Å². The maximum atomic E-state index is 12.3. The van der Waals surface area contributed by atoms with Crippen LogP contribution in [-0.2, 0) is 4.79 Å². The maximum Gasteiger partial charge on any atom is 0.241 e. The first kappa shape index (κ1) is 14.4. The molecule has 2 rings (SSSR count). The fourth-order valence-corrected chi connectivity index (χ4v) is 3.27. The number of amides is 1. The molecule has 0 aliphatic carbocycles. The lowest BCUT2D eigenvalue weighted by Gasteiger charge is -2.30. The minimum Gasteiger partial charge on any atom is -0.318 e. The lowest BCUT2D eigenvalue weighted by atomic mass is 10.1. The van der Waals surface area contributed by atoms with Crippen molar-refractivity contribution in [1.82, 2.24) is 10.2 Å². The second-order valence-corrected chi connectivity index (χ2v) is 6.17. The van der Waals surface area contributed by atoms with Crippen molar-refractivity contribution in [1.29, 1.82) is 0 Å². The fraction of sp³-hybridized carbons (Fsp3) is 0.533. The molecular formula is C15H22N2OS. The molecule has 3 nitrogen and oxygen atoms in total. The van der Waals surface area contributed by atoms with Gasteiger partial charge in [0.05, 0.1) is 6.04 Å². The van der Waals surface area contributed by atoms with Gasteiger partial charge in [-0.15, -0.1) is 0 Å². The van der Waals surface area contributed by atoms with Gasteiger partial charge in [0.15, 0.2) is 0 Å². The first-order valence-corrected chi connectivity index (χ1v) is 8.07. The molecular weight excluding hydrogens is 256 g/mol.